The second-order valence-electron chi connectivity index (χ2n) is 11.1. The number of benzene rings is 3. The van der Waals surface area contributed by atoms with Crippen LogP contribution in [0, 0.1) is 11.8 Å². The molecule has 0 spiro atoms. The minimum atomic E-state index is -1.78. The van der Waals surface area contributed by atoms with Crippen molar-refractivity contribution in [1.29, 1.82) is 0 Å². The van der Waals surface area contributed by atoms with Crippen LogP contribution in [0.1, 0.15) is 43.0 Å². The van der Waals surface area contributed by atoms with Crippen molar-refractivity contribution in [2.24, 2.45) is 11.8 Å². The number of carbonyl (C=O) groups is 6. The Morgan fingerprint density at radius 3 is 2.11 bits per heavy atom. The first kappa shape index (κ1) is 33.4. The Balaban J connectivity index is 1.64. The SMILES string of the molecule is CNC(=O)C1CCC(CN(C(=O)OC)C(=O)[C@H](C)Nc2ccc(N(C(=O)C(=O)O)c3ccccc3C(=O)O)c3ccccc23)CC1. The van der Waals surface area contributed by atoms with Gasteiger partial charge in [-0.1, -0.05) is 36.4 Å². The maximum absolute atomic E-state index is 13.6. The number of carboxylic acid groups (broad SMARTS) is 2. The molecular weight excluding hydrogens is 596 g/mol. The molecule has 4 amide bonds. The lowest BCUT2D eigenvalue weighted by atomic mass is 9.81. The maximum atomic E-state index is 13.6. The minimum Gasteiger partial charge on any atom is -0.478 e. The molecule has 1 aliphatic carbocycles. The zero-order valence-corrected chi connectivity index (χ0v) is 25.7. The van der Waals surface area contributed by atoms with Gasteiger partial charge in [0.25, 0.3) is 5.91 Å². The van der Waals surface area contributed by atoms with Crippen LogP contribution in [-0.4, -0.2) is 77.6 Å². The molecule has 1 atom stereocenters. The molecule has 3 aromatic carbocycles. The lowest BCUT2D eigenvalue weighted by Crippen LogP contribution is -2.47. The van der Waals surface area contributed by atoms with Gasteiger partial charge in [-0.05, 0) is 62.8 Å². The number of nitrogens with one attached hydrogen (secondary N) is 2. The Morgan fingerprint density at radius 1 is 0.870 bits per heavy atom. The van der Waals surface area contributed by atoms with Gasteiger partial charge in [-0.15, -0.1) is 0 Å². The molecule has 4 rings (SSSR count). The summed E-state index contributed by atoms with van der Waals surface area (Å²) in [6, 6.07) is 14.4. The lowest BCUT2D eigenvalue weighted by Gasteiger charge is -2.32. The highest BCUT2D eigenvalue weighted by atomic mass is 16.5. The second-order valence-corrected chi connectivity index (χ2v) is 11.1. The van der Waals surface area contributed by atoms with Crippen molar-refractivity contribution in [2.45, 2.75) is 38.6 Å². The molecule has 0 heterocycles. The first-order chi connectivity index (χ1) is 22.0. The molecule has 13 nitrogen and oxygen atoms in total. The number of para-hydroxylation sites is 1. The Labute approximate surface area is 265 Å². The van der Waals surface area contributed by atoms with E-state index in [-0.39, 0.29) is 41.2 Å². The van der Waals surface area contributed by atoms with Crippen LogP contribution in [0.15, 0.2) is 60.7 Å². The predicted molar refractivity (Wildman–Crippen MR) is 169 cm³/mol. The molecule has 0 unspecified atom stereocenters. The summed E-state index contributed by atoms with van der Waals surface area (Å²) in [6.07, 6.45) is 1.84. The van der Waals surface area contributed by atoms with Crippen LogP contribution in [0.4, 0.5) is 21.9 Å². The standard InChI is InChI=1S/C33H36N4O9/c1-19(29(39)36(33(45)46-3)18-20-12-14-21(15-13-20)28(38)34-2)35-25-16-17-27(23-9-5-4-8-22(23)25)37(30(40)32(43)44)26-11-7-6-10-24(26)31(41)42/h4-11,16-17,19-21,35H,12-15,18H2,1-3H3,(H,34,38)(H,41,42)(H,43,44)/t19-,20?,21?/m0/s1. The number of ether oxygens (including phenoxy) is 1. The molecule has 3 aromatic rings. The fraction of sp³-hybridized carbons (Fsp3) is 0.333. The first-order valence-corrected chi connectivity index (χ1v) is 14.8. The molecule has 0 saturated heterocycles. The zero-order valence-electron chi connectivity index (χ0n) is 25.7. The van der Waals surface area contributed by atoms with Crippen LogP contribution in [-0.2, 0) is 23.9 Å². The van der Waals surface area contributed by atoms with Gasteiger partial charge < -0.3 is 25.6 Å². The van der Waals surface area contributed by atoms with Crippen LogP contribution in [0.5, 0.6) is 0 Å². The Morgan fingerprint density at radius 2 is 1.50 bits per heavy atom. The fourth-order valence-electron chi connectivity index (χ4n) is 5.86. The van der Waals surface area contributed by atoms with Gasteiger partial charge in [0.1, 0.15) is 6.04 Å². The number of fused-ring (bicyclic) bond motifs is 1. The van der Waals surface area contributed by atoms with Crippen molar-refractivity contribution in [3.8, 4) is 0 Å². The summed E-state index contributed by atoms with van der Waals surface area (Å²) in [5, 5.41) is 26.1. The van der Waals surface area contributed by atoms with Crippen LogP contribution < -0.4 is 15.5 Å². The van der Waals surface area contributed by atoms with Crippen molar-refractivity contribution in [3.63, 3.8) is 0 Å². The minimum absolute atomic E-state index is 0.00250. The zero-order chi connectivity index (χ0) is 33.5. The highest BCUT2D eigenvalue weighted by molar-refractivity contribution is 6.40. The molecule has 13 heteroatoms. The number of aliphatic carboxylic acids is 1. The van der Waals surface area contributed by atoms with E-state index in [2.05, 4.69) is 10.6 Å². The van der Waals surface area contributed by atoms with Crippen molar-refractivity contribution in [1.82, 2.24) is 10.2 Å². The number of amides is 4. The Bertz CT molecular complexity index is 1670. The van der Waals surface area contributed by atoms with E-state index in [1.54, 1.807) is 44.3 Å². The number of imide groups is 1. The molecule has 1 aliphatic rings. The normalized spacial score (nSPS) is 16.5. The number of carboxylic acids is 2. The molecular formula is C33H36N4O9. The van der Waals surface area contributed by atoms with Gasteiger partial charge in [-0.3, -0.25) is 19.3 Å². The van der Waals surface area contributed by atoms with Gasteiger partial charge in [0.2, 0.25) is 5.91 Å². The van der Waals surface area contributed by atoms with Crippen LogP contribution in [0.2, 0.25) is 0 Å². The number of carbonyl (C=O) groups excluding carboxylic acids is 4. The van der Waals surface area contributed by atoms with E-state index >= 15 is 0 Å². The molecule has 1 saturated carbocycles. The number of hydrogen-bond acceptors (Lipinski definition) is 8. The molecule has 0 aliphatic heterocycles. The van der Waals surface area contributed by atoms with Gasteiger partial charge >= 0.3 is 23.9 Å². The number of rotatable bonds is 9. The van der Waals surface area contributed by atoms with Crippen LogP contribution in [0.3, 0.4) is 0 Å². The highest BCUT2D eigenvalue weighted by Gasteiger charge is 2.34. The highest BCUT2D eigenvalue weighted by Crippen LogP contribution is 2.38. The second kappa shape index (κ2) is 14.5. The quantitative estimate of drug-likeness (QED) is 0.249. The summed E-state index contributed by atoms with van der Waals surface area (Å²) in [5.74, 6) is -5.13. The van der Waals surface area contributed by atoms with Crippen molar-refractivity contribution in [2.75, 3.05) is 30.9 Å². The van der Waals surface area contributed by atoms with Crippen molar-refractivity contribution < 1.29 is 43.7 Å². The van der Waals surface area contributed by atoms with E-state index in [1.165, 1.54) is 37.4 Å². The number of methoxy groups -OCH3 is 1. The third-order valence-electron chi connectivity index (χ3n) is 8.21. The summed E-state index contributed by atoms with van der Waals surface area (Å²) >= 11 is 0. The smallest absolute Gasteiger partial charge is 0.416 e. The number of hydrogen-bond donors (Lipinski definition) is 4. The van der Waals surface area contributed by atoms with Crippen molar-refractivity contribution in [3.05, 3.63) is 66.2 Å². The van der Waals surface area contributed by atoms with Gasteiger partial charge in [0, 0.05) is 36.0 Å². The molecule has 0 bridgehead atoms. The number of nitrogens with zero attached hydrogens (tertiary/aromatic N) is 2. The third kappa shape index (κ3) is 7.09. The van der Waals surface area contributed by atoms with Crippen molar-refractivity contribution >= 4 is 63.6 Å². The van der Waals surface area contributed by atoms with E-state index in [1.807, 2.05) is 0 Å². The van der Waals surface area contributed by atoms with E-state index in [0.29, 0.717) is 42.1 Å². The van der Waals surface area contributed by atoms with E-state index in [9.17, 15) is 39.0 Å². The first-order valence-electron chi connectivity index (χ1n) is 14.8. The molecule has 0 radical (unpaired) electrons. The van der Waals surface area contributed by atoms with E-state index in [4.69, 9.17) is 4.74 Å². The van der Waals surface area contributed by atoms with Gasteiger partial charge in [-0.25, -0.2) is 19.3 Å². The molecule has 46 heavy (non-hydrogen) atoms. The summed E-state index contributed by atoms with van der Waals surface area (Å²) in [6.45, 7) is 1.72. The largest absolute Gasteiger partial charge is 0.478 e. The van der Waals surface area contributed by atoms with E-state index < -0.39 is 35.9 Å². The molecule has 0 aromatic heterocycles. The third-order valence-corrected chi connectivity index (χ3v) is 8.21. The summed E-state index contributed by atoms with van der Waals surface area (Å²) in [5.41, 5.74) is 0.164. The van der Waals surface area contributed by atoms with E-state index in [0.717, 1.165) is 9.80 Å². The van der Waals surface area contributed by atoms with Gasteiger partial charge in [0.15, 0.2) is 0 Å². The molecule has 1 fully saturated rings. The average molecular weight is 633 g/mol. The summed E-state index contributed by atoms with van der Waals surface area (Å²) in [7, 11) is 2.80. The van der Waals surface area contributed by atoms with Crippen LogP contribution >= 0.6 is 0 Å². The Kier molecular flexibility index (Phi) is 10.6. The average Bonchev–Trinajstić information content (AvgIpc) is 3.07. The topological polar surface area (TPSA) is 183 Å². The lowest BCUT2D eigenvalue weighted by molar-refractivity contribution is -0.148. The summed E-state index contributed by atoms with van der Waals surface area (Å²) < 4.78 is 4.92. The number of aromatic carboxylic acids is 1. The number of anilines is 3. The predicted octanol–water partition coefficient (Wildman–Crippen LogP) is 4.24. The molecule has 242 valence electrons. The maximum Gasteiger partial charge on any atom is 0.416 e. The molecule has 4 N–H and O–H groups in total. The fourth-order valence-corrected chi connectivity index (χ4v) is 5.86. The Hall–Kier alpha value is -5.46. The van der Waals surface area contributed by atoms with Gasteiger partial charge in [0.05, 0.1) is 24.0 Å². The van der Waals surface area contributed by atoms with Gasteiger partial charge in [-0.2, -0.15) is 0 Å². The van der Waals surface area contributed by atoms with Crippen LogP contribution in [0.25, 0.3) is 10.8 Å². The monoisotopic (exact) mass is 632 g/mol. The summed E-state index contributed by atoms with van der Waals surface area (Å²) in [4.78, 5) is 77.2.